The Kier molecular flexibility index (Phi) is 7.15. The fourth-order valence-corrected chi connectivity index (χ4v) is 4.48. The fraction of sp³-hybridized carbons (Fsp3) is 0.250. The number of methoxy groups -OCH3 is 1. The molecule has 2 N–H and O–H groups in total. The van der Waals surface area contributed by atoms with Crippen molar-refractivity contribution in [3.63, 3.8) is 0 Å². The minimum Gasteiger partial charge on any atom is -0.497 e. The van der Waals surface area contributed by atoms with Crippen molar-refractivity contribution >= 4 is 29.1 Å². The summed E-state index contributed by atoms with van der Waals surface area (Å²) >= 11 is 0. The lowest BCUT2D eigenvalue weighted by Crippen LogP contribution is -2.47. The Labute approximate surface area is 205 Å². The molecule has 0 bridgehead atoms. The first-order valence-electron chi connectivity index (χ1n) is 11.6. The zero-order valence-corrected chi connectivity index (χ0v) is 20.1. The molecule has 7 nitrogen and oxygen atoms in total. The number of nitrogens with one attached hydrogen (secondary N) is 2. The zero-order chi connectivity index (χ0) is 24.9. The molecule has 1 saturated heterocycles. The van der Waals surface area contributed by atoms with Gasteiger partial charge in [-0.3, -0.25) is 14.4 Å². The van der Waals surface area contributed by atoms with E-state index in [0.29, 0.717) is 23.4 Å². The van der Waals surface area contributed by atoms with Crippen molar-refractivity contribution in [1.82, 2.24) is 5.32 Å². The molecular weight excluding hydrogens is 442 g/mol. The summed E-state index contributed by atoms with van der Waals surface area (Å²) in [6, 6.07) is 21.5. The maximum Gasteiger partial charge on any atom is 0.251 e. The Morgan fingerprint density at radius 3 is 2.37 bits per heavy atom. The molecule has 1 aliphatic heterocycles. The Balaban J connectivity index is 1.70. The highest BCUT2D eigenvalue weighted by atomic mass is 16.5. The molecule has 0 aliphatic carbocycles. The van der Waals surface area contributed by atoms with Crippen LogP contribution in [0, 0.1) is 12.8 Å². The van der Waals surface area contributed by atoms with Gasteiger partial charge in [-0.2, -0.15) is 0 Å². The average Bonchev–Trinajstić information content (AvgIpc) is 2.88. The summed E-state index contributed by atoms with van der Waals surface area (Å²) < 4.78 is 5.30. The van der Waals surface area contributed by atoms with Crippen LogP contribution in [0.5, 0.6) is 5.75 Å². The number of aryl methyl sites for hydroxylation is 1. The minimum absolute atomic E-state index is 0.0275. The second kappa shape index (κ2) is 10.4. The molecule has 1 heterocycles. The SMILES string of the molecule is CNC(=O)c1cccc(NC(=O)[C@@H]2CCC(=O)N(c3ccc(C)cc3)[C@H]2c2ccc(OC)cc2)c1. The largest absolute Gasteiger partial charge is 0.497 e. The van der Waals surface area contributed by atoms with Crippen LogP contribution in [0.3, 0.4) is 0 Å². The first kappa shape index (κ1) is 24.0. The second-order valence-electron chi connectivity index (χ2n) is 8.61. The molecule has 180 valence electrons. The van der Waals surface area contributed by atoms with Gasteiger partial charge in [0.2, 0.25) is 11.8 Å². The predicted molar refractivity (Wildman–Crippen MR) is 136 cm³/mol. The lowest BCUT2D eigenvalue weighted by Gasteiger charge is -2.41. The van der Waals surface area contributed by atoms with E-state index in [2.05, 4.69) is 10.6 Å². The first-order valence-corrected chi connectivity index (χ1v) is 11.6. The predicted octanol–water partition coefficient (Wildman–Crippen LogP) is 4.49. The van der Waals surface area contributed by atoms with E-state index in [9.17, 15) is 14.4 Å². The van der Waals surface area contributed by atoms with Crippen LogP contribution in [0.4, 0.5) is 11.4 Å². The first-order chi connectivity index (χ1) is 16.9. The number of hydrogen-bond acceptors (Lipinski definition) is 4. The molecule has 0 saturated carbocycles. The van der Waals surface area contributed by atoms with Gasteiger partial charge in [0.15, 0.2) is 0 Å². The average molecular weight is 472 g/mol. The van der Waals surface area contributed by atoms with Gasteiger partial charge in [0.1, 0.15) is 5.75 Å². The van der Waals surface area contributed by atoms with Gasteiger partial charge in [-0.05, 0) is 61.4 Å². The molecule has 3 amide bonds. The van der Waals surface area contributed by atoms with Gasteiger partial charge in [-0.25, -0.2) is 0 Å². The Bertz CT molecular complexity index is 1220. The summed E-state index contributed by atoms with van der Waals surface area (Å²) in [5.41, 5.74) is 3.67. The molecule has 7 heteroatoms. The molecule has 3 aromatic rings. The van der Waals surface area contributed by atoms with E-state index in [4.69, 9.17) is 4.74 Å². The van der Waals surface area contributed by atoms with E-state index < -0.39 is 12.0 Å². The molecule has 0 aromatic heterocycles. The summed E-state index contributed by atoms with van der Waals surface area (Å²) in [6.45, 7) is 1.99. The van der Waals surface area contributed by atoms with Crippen LogP contribution in [-0.2, 0) is 9.59 Å². The van der Waals surface area contributed by atoms with Crippen LogP contribution in [-0.4, -0.2) is 31.9 Å². The Hall–Kier alpha value is -4.13. The highest BCUT2D eigenvalue weighted by molar-refractivity contribution is 6.01. The highest BCUT2D eigenvalue weighted by Gasteiger charge is 2.41. The van der Waals surface area contributed by atoms with Gasteiger partial charge in [-0.15, -0.1) is 0 Å². The zero-order valence-electron chi connectivity index (χ0n) is 20.1. The van der Waals surface area contributed by atoms with Gasteiger partial charge in [0, 0.05) is 30.4 Å². The summed E-state index contributed by atoms with van der Waals surface area (Å²) in [7, 11) is 3.16. The van der Waals surface area contributed by atoms with Crippen LogP contribution in [0.2, 0.25) is 0 Å². The monoisotopic (exact) mass is 471 g/mol. The van der Waals surface area contributed by atoms with Crippen LogP contribution < -0.4 is 20.3 Å². The Morgan fingerprint density at radius 1 is 1.00 bits per heavy atom. The van der Waals surface area contributed by atoms with Gasteiger partial charge in [0.25, 0.3) is 5.91 Å². The van der Waals surface area contributed by atoms with Crippen LogP contribution >= 0.6 is 0 Å². The van der Waals surface area contributed by atoms with E-state index in [-0.39, 0.29) is 24.1 Å². The van der Waals surface area contributed by atoms with E-state index in [1.807, 2.05) is 55.5 Å². The molecule has 0 spiro atoms. The van der Waals surface area contributed by atoms with Gasteiger partial charge in [-0.1, -0.05) is 35.9 Å². The number of hydrogen-bond donors (Lipinski definition) is 2. The molecule has 3 aromatic carbocycles. The lowest BCUT2D eigenvalue weighted by atomic mass is 9.83. The van der Waals surface area contributed by atoms with Crippen molar-refractivity contribution in [2.75, 3.05) is 24.4 Å². The number of anilines is 2. The number of benzene rings is 3. The number of nitrogens with zero attached hydrogens (tertiary/aromatic N) is 1. The van der Waals surface area contributed by atoms with Crippen LogP contribution in [0.15, 0.2) is 72.8 Å². The van der Waals surface area contributed by atoms with E-state index >= 15 is 0 Å². The number of ether oxygens (including phenoxy) is 1. The van der Waals surface area contributed by atoms with E-state index in [0.717, 1.165) is 16.8 Å². The summed E-state index contributed by atoms with van der Waals surface area (Å²) in [4.78, 5) is 40.5. The number of carbonyl (C=O) groups excluding carboxylic acids is 3. The molecular formula is C28H29N3O4. The number of amides is 3. The van der Waals surface area contributed by atoms with Crippen LogP contribution in [0.1, 0.15) is 40.4 Å². The molecule has 4 rings (SSSR count). The normalized spacial score (nSPS) is 17.6. The highest BCUT2D eigenvalue weighted by Crippen LogP contribution is 2.41. The molecule has 0 radical (unpaired) electrons. The van der Waals surface area contributed by atoms with Crippen molar-refractivity contribution in [2.45, 2.75) is 25.8 Å². The van der Waals surface area contributed by atoms with Crippen molar-refractivity contribution in [1.29, 1.82) is 0 Å². The lowest BCUT2D eigenvalue weighted by molar-refractivity contribution is -0.125. The third-order valence-corrected chi connectivity index (χ3v) is 6.32. The molecule has 2 atom stereocenters. The number of carbonyl (C=O) groups is 3. The molecule has 35 heavy (non-hydrogen) atoms. The molecule has 1 fully saturated rings. The van der Waals surface area contributed by atoms with Gasteiger partial charge in [0.05, 0.1) is 19.1 Å². The van der Waals surface area contributed by atoms with Crippen molar-refractivity contribution in [3.05, 3.63) is 89.5 Å². The summed E-state index contributed by atoms with van der Waals surface area (Å²) in [5.74, 6) is -0.258. The smallest absolute Gasteiger partial charge is 0.251 e. The van der Waals surface area contributed by atoms with Crippen molar-refractivity contribution in [2.24, 2.45) is 5.92 Å². The Morgan fingerprint density at radius 2 is 1.71 bits per heavy atom. The number of rotatable bonds is 6. The fourth-order valence-electron chi connectivity index (χ4n) is 4.48. The third-order valence-electron chi connectivity index (χ3n) is 6.32. The molecule has 0 unspecified atom stereocenters. The third kappa shape index (κ3) is 5.19. The van der Waals surface area contributed by atoms with Crippen molar-refractivity contribution < 1.29 is 19.1 Å². The standard InChI is InChI=1S/C28H29N3O4/c1-18-7-11-22(12-8-18)31-25(32)16-15-24(26(31)19-9-13-23(35-3)14-10-19)28(34)30-21-6-4-5-20(17-21)27(33)29-2/h4-14,17,24,26H,15-16H2,1-3H3,(H,29,33)(H,30,34)/t24-,26+/m1/s1. The number of piperidine rings is 1. The van der Waals surface area contributed by atoms with Gasteiger partial charge >= 0.3 is 0 Å². The minimum atomic E-state index is -0.494. The topological polar surface area (TPSA) is 87.7 Å². The second-order valence-corrected chi connectivity index (χ2v) is 8.61. The summed E-state index contributed by atoms with van der Waals surface area (Å²) in [5, 5.41) is 5.56. The maximum atomic E-state index is 13.6. The van der Waals surface area contributed by atoms with Crippen molar-refractivity contribution in [3.8, 4) is 5.75 Å². The van der Waals surface area contributed by atoms with E-state index in [1.54, 1.807) is 43.3 Å². The summed E-state index contributed by atoms with van der Waals surface area (Å²) in [6.07, 6.45) is 0.676. The van der Waals surface area contributed by atoms with Crippen LogP contribution in [0.25, 0.3) is 0 Å². The molecule has 1 aliphatic rings. The van der Waals surface area contributed by atoms with E-state index in [1.165, 1.54) is 0 Å². The van der Waals surface area contributed by atoms with Gasteiger partial charge < -0.3 is 20.3 Å². The maximum absolute atomic E-state index is 13.6. The quantitative estimate of drug-likeness (QED) is 0.555.